The number of amides is 2. The standard InChI is InChI=1S/C28H38ClN7O3/c1-19-16-20(10-12-31-19)27(39)36(30)28-32-24-8-4-7-23(29)26(24)35(28)21-6-2-3-14-34(17-21)25(38)9-5-13-33-15-11-22(37)18-33/h4-5,7-10,12,16,19,21-22,28,31-32,37H,2-3,6,11,13-15,17-18,30H2,1H3/b9-5+/t19?,21-,22-,28?/m1/s1. The zero-order valence-electron chi connectivity index (χ0n) is 22.3. The Morgan fingerprint density at radius 2 is 2.08 bits per heavy atom. The molecule has 4 aliphatic heterocycles. The zero-order valence-corrected chi connectivity index (χ0v) is 23.1. The number of rotatable bonds is 6. The van der Waals surface area contributed by atoms with Crippen LogP contribution < -0.4 is 21.4 Å². The molecule has 11 heteroatoms. The molecule has 210 valence electrons. The number of para-hydroxylation sites is 1. The minimum Gasteiger partial charge on any atom is -0.392 e. The van der Waals surface area contributed by atoms with Crippen molar-refractivity contribution >= 4 is 34.8 Å². The van der Waals surface area contributed by atoms with Crippen LogP contribution in [-0.4, -0.2) is 88.9 Å². The van der Waals surface area contributed by atoms with Gasteiger partial charge in [0.1, 0.15) is 0 Å². The molecule has 5 N–H and O–H groups in total. The highest BCUT2D eigenvalue weighted by Crippen LogP contribution is 2.43. The lowest BCUT2D eigenvalue weighted by Gasteiger charge is -2.39. The highest BCUT2D eigenvalue weighted by Gasteiger charge is 2.41. The molecule has 4 heterocycles. The maximum atomic E-state index is 13.4. The topological polar surface area (TPSA) is 117 Å². The number of anilines is 2. The van der Waals surface area contributed by atoms with Gasteiger partial charge in [0.15, 0.2) is 6.29 Å². The van der Waals surface area contributed by atoms with E-state index in [4.69, 9.17) is 17.4 Å². The Bertz CT molecular complexity index is 1170. The van der Waals surface area contributed by atoms with Crippen molar-refractivity contribution < 1.29 is 14.7 Å². The third-order valence-corrected chi connectivity index (χ3v) is 8.12. The van der Waals surface area contributed by atoms with Crippen molar-refractivity contribution in [3.63, 3.8) is 0 Å². The second kappa shape index (κ2) is 12.0. The van der Waals surface area contributed by atoms with E-state index in [1.54, 1.807) is 18.4 Å². The average molecular weight is 556 g/mol. The number of nitrogens with one attached hydrogen (secondary N) is 2. The van der Waals surface area contributed by atoms with Gasteiger partial charge in [-0.25, -0.2) is 10.9 Å². The maximum absolute atomic E-state index is 13.4. The van der Waals surface area contributed by atoms with E-state index in [-0.39, 0.29) is 30.0 Å². The van der Waals surface area contributed by atoms with Crippen LogP contribution in [0.25, 0.3) is 0 Å². The molecule has 2 saturated heterocycles. The summed E-state index contributed by atoms with van der Waals surface area (Å²) < 4.78 is 0. The molecular weight excluding hydrogens is 518 g/mol. The lowest BCUT2D eigenvalue weighted by Crippen LogP contribution is -2.60. The SMILES string of the molecule is CC1C=C(C(=O)N(N)C2Nc3cccc(Cl)c3N2[C@@H]2CCCCN(C(=O)/C=C/CN3CC[C@@H](O)C3)C2)C=CN1. The number of hydrazine groups is 1. The zero-order chi connectivity index (χ0) is 27.5. The highest BCUT2D eigenvalue weighted by atomic mass is 35.5. The van der Waals surface area contributed by atoms with Gasteiger partial charge in [-0.05, 0) is 63.1 Å². The molecule has 2 unspecified atom stereocenters. The Balaban J connectivity index is 1.35. The van der Waals surface area contributed by atoms with E-state index < -0.39 is 6.29 Å². The average Bonchev–Trinajstić information content (AvgIpc) is 3.43. The predicted octanol–water partition coefficient (Wildman–Crippen LogP) is 1.99. The lowest BCUT2D eigenvalue weighted by molar-refractivity contribution is -0.129. The fourth-order valence-electron chi connectivity index (χ4n) is 5.81. The Morgan fingerprint density at radius 1 is 1.23 bits per heavy atom. The first-order chi connectivity index (χ1) is 18.8. The number of β-amino-alcohol motifs (C(OH)–C–C–N with tert-alkyl or cyclic N) is 1. The molecule has 4 aliphatic rings. The number of nitrogens with two attached hydrogens (primary N) is 1. The van der Waals surface area contributed by atoms with Crippen molar-refractivity contribution in [2.24, 2.45) is 5.84 Å². The summed E-state index contributed by atoms with van der Waals surface area (Å²) in [5.41, 5.74) is 2.10. The second-order valence-electron chi connectivity index (χ2n) is 10.7. The monoisotopic (exact) mass is 555 g/mol. The van der Waals surface area contributed by atoms with Crippen LogP contribution in [0.3, 0.4) is 0 Å². The van der Waals surface area contributed by atoms with Gasteiger partial charge >= 0.3 is 0 Å². The molecule has 2 fully saturated rings. The van der Waals surface area contributed by atoms with Crippen molar-refractivity contribution in [3.8, 4) is 0 Å². The van der Waals surface area contributed by atoms with E-state index in [0.717, 1.165) is 43.6 Å². The van der Waals surface area contributed by atoms with Crippen molar-refractivity contribution in [2.45, 2.75) is 57.1 Å². The molecule has 39 heavy (non-hydrogen) atoms. The first-order valence-electron chi connectivity index (χ1n) is 13.7. The summed E-state index contributed by atoms with van der Waals surface area (Å²) >= 11 is 6.71. The van der Waals surface area contributed by atoms with E-state index in [9.17, 15) is 14.7 Å². The summed E-state index contributed by atoms with van der Waals surface area (Å²) in [5.74, 6) is 6.18. The molecule has 1 aromatic carbocycles. The van der Waals surface area contributed by atoms with Crippen LogP contribution in [0.15, 0.2) is 54.3 Å². The van der Waals surface area contributed by atoms with Gasteiger partial charge in [0.2, 0.25) is 5.91 Å². The molecule has 1 aromatic rings. The molecule has 0 radical (unpaired) electrons. The number of carbonyl (C=O) groups is 2. The van der Waals surface area contributed by atoms with Crippen molar-refractivity contribution in [2.75, 3.05) is 42.9 Å². The van der Waals surface area contributed by atoms with Crippen molar-refractivity contribution in [1.82, 2.24) is 20.1 Å². The van der Waals surface area contributed by atoms with Gasteiger partial charge in [0.25, 0.3) is 5.91 Å². The number of hydrogen-bond donors (Lipinski definition) is 4. The third kappa shape index (κ3) is 6.09. The van der Waals surface area contributed by atoms with Crippen LogP contribution in [0.2, 0.25) is 5.02 Å². The number of aliphatic hydroxyl groups excluding tert-OH is 1. The number of benzene rings is 1. The van der Waals surface area contributed by atoms with Gasteiger partial charge in [-0.15, -0.1) is 0 Å². The van der Waals surface area contributed by atoms with E-state index >= 15 is 0 Å². The normalized spacial score (nSPS) is 27.1. The summed E-state index contributed by atoms with van der Waals surface area (Å²) in [7, 11) is 0. The number of likely N-dealkylation sites (tertiary alicyclic amines) is 2. The number of carbonyl (C=O) groups excluding carboxylic acids is 2. The molecular formula is C28H38ClN7O3. The van der Waals surface area contributed by atoms with Crippen LogP contribution in [0.1, 0.15) is 32.6 Å². The fraction of sp³-hybridized carbons (Fsp3) is 0.500. The lowest BCUT2D eigenvalue weighted by atomic mass is 10.1. The van der Waals surface area contributed by atoms with Gasteiger partial charge in [0, 0.05) is 50.4 Å². The summed E-state index contributed by atoms with van der Waals surface area (Å²) in [6.07, 6.45) is 11.3. The van der Waals surface area contributed by atoms with Gasteiger partial charge in [-0.3, -0.25) is 14.5 Å². The second-order valence-corrected chi connectivity index (χ2v) is 11.1. The number of nitrogens with zero attached hydrogens (tertiary/aromatic N) is 4. The largest absolute Gasteiger partial charge is 0.392 e. The van der Waals surface area contributed by atoms with Crippen LogP contribution in [0.5, 0.6) is 0 Å². The van der Waals surface area contributed by atoms with E-state index in [1.807, 2.05) is 42.2 Å². The van der Waals surface area contributed by atoms with Crippen molar-refractivity contribution in [1.29, 1.82) is 0 Å². The maximum Gasteiger partial charge on any atom is 0.270 e. The number of fused-ring (bicyclic) bond motifs is 1. The fourth-order valence-corrected chi connectivity index (χ4v) is 6.08. The molecule has 0 spiro atoms. The summed E-state index contributed by atoms with van der Waals surface area (Å²) in [6.45, 7) is 5.24. The molecule has 0 aliphatic carbocycles. The minimum atomic E-state index is -0.663. The molecule has 2 amide bonds. The first-order valence-corrected chi connectivity index (χ1v) is 14.1. The first kappa shape index (κ1) is 27.5. The quantitative estimate of drug-likeness (QED) is 0.182. The van der Waals surface area contributed by atoms with Gasteiger partial charge in [-0.1, -0.05) is 23.7 Å². The Hall–Kier alpha value is -3.05. The van der Waals surface area contributed by atoms with E-state index in [1.165, 1.54) is 5.01 Å². The highest BCUT2D eigenvalue weighted by molar-refractivity contribution is 6.34. The van der Waals surface area contributed by atoms with E-state index in [2.05, 4.69) is 20.4 Å². The molecule has 10 nitrogen and oxygen atoms in total. The number of hydrogen-bond acceptors (Lipinski definition) is 8. The third-order valence-electron chi connectivity index (χ3n) is 7.81. The Kier molecular flexibility index (Phi) is 8.46. The molecule has 0 saturated carbocycles. The summed E-state index contributed by atoms with van der Waals surface area (Å²) in [6, 6.07) is 5.54. The van der Waals surface area contributed by atoms with E-state index in [0.29, 0.717) is 36.8 Å². The predicted molar refractivity (Wildman–Crippen MR) is 153 cm³/mol. The number of dihydropyridines is 1. The van der Waals surface area contributed by atoms with Gasteiger partial charge < -0.3 is 25.5 Å². The van der Waals surface area contributed by atoms with Crippen LogP contribution in [0.4, 0.5) is 11.4 Å². The van der Waals surface area contributed by atoms with Crippen LogP contribution in [0, 0.1) is 0 Å². The molecule has 5 rings (SSSR count). The molecule has 4 atom stereocenters. The smallest absolute Gasteiger partial charge is 0.270 e. The van der Waals surface area contributed by atoms with Crippen LogP contribution >= 0.6 is 11.6 Å². The van der Waals surface area contributed by atoms with Gasteiger partial charge in [-0.2, -0.15) is 0 Å². The number of aliphatic hydroxyl groups is 1. The van der Waals surface area contributed by atoms with Gasteiger partial charge in [0.05, 0.1) is 28.5 Å². The Labute approximate surface area is 234 Å². The Morgan fingerprint density at radius 3 is 2.85 bits per heavy atom. The molecule has 0 bridgehead atoms. The minimum absolute atomic E-state index is 0.0200. The van der Waals surface area contributed by atoms with Crippen molar-refractivity contribution in [3.05, 3.63) is 59.3 Å². The molecule has 0 aromatic heterocycles. The number of halogens is 1. The summed E-state index contributed by atoms with van der Waals surface area (Å²) in [4.78, 5) is 32.8. The van der Waals surface area contributed by atoms with Crippen LogP contribution in [-0.2, 0) is 9.59 Å². The summed E-state index contributed by atoms with van der Waals surface area (Å²) in [5, 5.41) is 18.1.